The Morgan fingerprint density at radius 3 is 2.56 bits per heavy atom. The molecule has 2 rings (SSSR count). The zero-order valence-electron chi connectivity index (χ0n) is 11.8. The number of rotatable bonds is 3. The van der Waals surface area contributed by atoms with Crippen LogP contribution in [0.15, 0.2) is 0 Å². The van der Waals surface area contributed by atoms with Crippen molar-refractivity contribution in [3.05, 3.63) is 11.4 Å². The zero-order valence-corrected chi connectivity index (χ0v) is 11.8. The summed E-state index contributed by atoms with van der Waals surface area (Å²) in [6.07, 6.45) is 3.82. The van der Waals surface area contributed by atoms with Gasteiger partial charge in [-0.15, -0.1) is 0 Å². The minimum atomic E-state index is 0.300. The normalized spacial score (nSPS) is 23.6. The molecule has 0 aromatic carbocycles. The molecule has 0 aliphatic heterocycles. The molecule has 2 atom stereocenters. The lowest BCUT2D eigenvalue weighted by Crippen LogP contribution is -2.24. The van der Waals surface area contributed by atoms with E-state index in [1.54, 1.807) is 0 Å². The third-order valence-electron chi connectivity index (χ3n) is 3.90. The smallest absolute Gasteiger partial charge is 0.135 e. The molecule has 1 heterocycles. The van der Waals surface area contributed by atoms with Gasteiger partial charge in [0.1, 0.15) is 17.5 Å². The second kappa shape index (κ2) is 5.12. The first-order valence-electron chi connectivity index (χ1n) is 6.89. The molecule has 0 bridgehead atoms. The third kappa shape index (κ3) is 2.57. The maximum Gasteiger partial charge on any atom is 0.135 e. The van der Waals surface area contributed by atoms with Gasteiger partial charge in [-0.1, -0.05) is 27.2 Å². The van der Waals surface area contributed by atoms with Crippen LogP contribution in [0.25, 0.3) is 0 Å². The summed E-state index contributed by atoms with van der Waals surface area (Å²) < 4.78 is 0. The van der Waals surface area contributed by atoms with Crippen molar-refractivity contribution < 1.29 is 0 Å². The molecule has 0 radical (unpaired) electrons. The molecule has 1 aromatic heterocycles. The van der Waals surface area contributed by atoms with Gasteiger partial charge in [0.05, 0.1) is 0 Å². The lowest BCUT2D eigenvalue weighted by atomic mass is 10.1. The molecule has 4 heteroatoms. The highest BCUT2D eigenvalue weighted by Crippen LogP contribution is 2.29. The van der Waals surface area contributed by atoms with Gasteiger partial charge in [0.25, 0.3) is 0 Å². The van der Waals surface area contributed by atoms with E-state index in [-0.39, 0.29) is 0 Å². The van der Waals surface area contributed by atoms with Crippen LogP contribution >= 0.6 is 0 Å². The Bertz CT molecular complexity index is 428. The van der Waals surface area contributed by atoms with Crippen LogP contribution in [-0.4, -0.2) is 16.0 Å². The van der Waals surface area contributed by atoms with Crippen molar-refractivity contribution in [1.29, 1.82) is 0 Å². The first-order valence-corrected chi connectivity index (χ1v) is 6.89. The predicted octanol–water partition coefficient (Wildman–Crippen LogP) is 3.09. The molecule has 18 heavy (non-hydrogen) atoms. The Kier molecular flexibility index (Phi) is 3.73. The molecule has 1 aliphatic rings. The number of nitrogen functional groups attached to an aromatic ring is 1. The SMILES string of the molecule is Cc1c(N)nc(C(C)C)nc1NC1CCCC1C. The van der Waals surface area contributed by atoms with Gasteiger partial charge in [0.15, 0.2) is 0 Å². The van der Waals surface area contributed by atoms with Crippen molar-refractivity contribution in [2.45, 2.75) is 58.9 Å². The fraction of sp³-hybridized carbons (Fsp3) is 0.714. The monoisotopic (exact) mass is 248 g/mol. The summed E-state index contributed by atoms with van der Waals surface area (Å²) in [5.41, 5.74) is 6.95. The van der Waals surface area contributed by atoms with Crippen molar-refractivity contribution in [1.82, 2.24) is 9.97 Å². The van der Waals surface area contributed by atoms with Crippen LogP contribution in [0.5, 0.6) is 0 Å². The first kappa shape index (κ1) is 13.1. The number of hydrogen-bond donors (Lipinski definition) is 2. The standard InChI is InChI=1S/C14H24N4/c1-8(2)13-17-12(15)10(4)14(18-13)16-11-7-5-6-9(11)3/h8-9,11H,5-7H2,1-4H3,(H3,15,16,17,18). The first-order chi connectivity index (χ1) is 8.49. The molecule has 1 saturated carbocycles. The van der Waals surface area contributed by atoms with Crippen molar-refractivity contribution in [2.75, 3.05) is 11.1 Å². The van der Waals surface area contributed by atoms with Crippen LogP contribution in [0, 0.1) is 12.8 Å². The number of nitrogens with one attached hydrogen (secondary N) is 1. The van der Waals surface area contributed by atoms with Gasteiger partial charge in [0, 0.05) is 17.5 Å². The molecule has 4 nitrogen and oxygen atoms in total. The topological polar surface area (TPSA) is 63.8 Å². The van der Waals surface area contributed by atoms with Crippen LogP contribution in [0.1, 0.15) is 57.3 Å². The zero-order chi connectivity index (χ0) is 13.3. The summed E-state index contributed by atoms with van der Waals surface area (Å²) in [7, 11) is 0. The summed E-state index contributed by atoms with van der Waals surface area (Å²) in [6.45, 7) is 8.47. The van der Waals surface area contributed by atoms with E-state index in [0.29, 0.717) is 23.7 Å². The lowest BCUT2D eigenvalue weighted by Gasteiger charge is -2.20. The highest BCUT2D eigenvalue weighted by molar-refractivity contribution is 5.55. The Morgan fingerprint density at radius 2 is 2.00 bits per heavy atom. The van der Waals surface area contributed by atoms with Crippen LogP contribution in [0.3, 0.4) is 0 Å². The number of aromatic nitrogens is 2. The second-order valence-corrected chi connectivity index (χ2v) is 5.75. The van der Waals surface area contributed by atoms with Gasteiger partial charge >= 0.3 is 0 Å². The molecular formula is C14H24N4. The predicted molar refractivity (Wildman–Crippen MR) is 75.7 cm³/mol. The Hall–Kier alpha value is -1.32. The number of anilines is 2. The molecule has 0 spiro atoms. The van der Waals surface area contributed by atoms with E-state index < -0.39 is 0 Å². The molecule has 2 unspecified atom stereocenters. The molecule has 1 aliphatic carbocycles. The third-order valence-corrected chi connectivity index (χ3v) is 3.90. The Labute approximate surface area is 109 Å². The summed E-state index contributed by atoms with van der Waals surface area (Å²) in [5, 5.41) is 3.56. The lowest BCUT2D eigenvalue weighted by molar-refractivity contribution is 0.554. The number of nitrogens with zero attached hydrogens (tertiary/aromatic N) is 2. The van der Waals surface area contributed by atoms with Crippen LogP contribution in [-0.2, 0) is 0 Å². The van der Waals surface area contributed by atoms with Gasteiger partial charge in [-0.25, -0.2) is 9.97 Å². The molecule has 1 aromatic rings. The van der Waals surface area contributed by atoms with Gasteiger partial charge in [0.2, 0.25) is 0 Å². The average Bonchev–Trinajstić information content (AvgIpc) is 2.70. The van der Waals surface area contributed by atoms with Crippen LogP contribution < -0.4 is 11.1 Å². The highest BCUT2D eigenvalue weighted by atomic mass is 15.1. The quantitative estimate of drug-likeness (QED) is 0.862. The van der Waals surface area contributed by atoms with Gasteiger partial charge < -0.3 is 11.1 Å². The Balaban J connectivity index is 2.25. The van der Waals surface area contributed by atoms with Crippen LogP contribution in [0.2, 0.25) is 0 Å². The van der Waals surface area contributed by atoms with E-state index >= 15 is 0 Å². The summed E-state index contributed by atoms with van der Waals surface area (Å²) in [5.74, 6) is 3.36. The molecule has 1 fully saturated rings. The van der Waals surface area contributed by atoms with Crippen molar-refractivity contribution in [2.24, 2.45) is 5.92 Å². The fourth-order valence-corrected chi connectivity index (χ4v) is 2.49. The van der Waals surface area contributed by atoms with E-state index in [4.69, 9.17) is 5.73 Å². The maximum absolute atomic E-state index is 5.98. The maximum atomic E-state index is 5.98. The Morgan fingerprint density at radius 1 is 1.28 bits per heavy atom. The van der Waals surface area contributed by atoms with Crippen molar-refractivity contribution >= 4 is 11.6 Å². The summed E-state index contributed by atoms with van der Waals surface area (Å²) >= 11 is 0. The van der Waals surface area contributed by atoms with Gasteiger partial charge in [-0.2, -0.15) is 0 Å². The molecular weight excluding hydrogens is 224 g/mol. The fourth-order valence-electron chi connectivity index (χ4n) is 2.49. The highest BCUT2D eigenvalue weighted by Gasteiger charge is 2.24. The van der Waals surface area contributed by atoms with Crippen molar-refractivity contribution in [3.63, 3.8) is 0 Å². The largest absolute Gasteiger partial charge is 0.383 e. The number of hydrogen-bond acceptors (Lipinski definition) is 4. The molecule has 3 N–H and O–H groups in total. The van der Waals surface area contributed by atoms with Crippen LogP contribution in [0.4, 0.5) is 11.6 Å². The van der Waals surface area contributed by atoms with Gasteiger partial charge in [-0.05, 0) is 25.7 Å². The second-order valence-electron chi connectivity index (χ2n) is 5.75. The molecule has 0 saturated heterocycles. The summed E-state index contributed by atoms with van der Waals surface area (Å²) in [4.78, 5) is 8.98. The van der Waals surface area contributed by atoms with E-state index in [9.17, 15) is 0 Å². The van der Waals surface area contributed by atoms with E-state index in [2.05, 4.69) is 36.1 Å². The summed E-state index contributed by atoms with van der Waals surface area (Å²) in [6, 6.07) is 0.526. The van der Waals surface area contributed by atoms with Crippen molar-refractivity contribution in [3.8, 4) is 0 Å². The van der Waals surface area contributed by atoms with E-state index in [1.165, 1.54) is 19.3 Å². The number of nitrogens with two attached hydrogens (primary N) is 1. The minimum Gasteiger partial charge on any atom is -0.383 e. The van der Waals surface area contributed by atoms with E-state index in [0.717, 1.165) is 17.2 Å². The average molecular weight is 248 g/mol. The van der Waals surface area contributed by atoms with Gasteiger partial charge in [-0.3, -0.25) is 0 Å². The minimum absolute atomic E-state index is 0.300. The molecule has 100 valence electrons. The van der Waals surface area contributed by atoms with E-state index in [1.807, 2.05) is 6.92 Å². The molecule has 0 amide bonds.